The molecule has 1 aliphatic rings. The van der Waals surface area contributed by atoms with Gasteiger partial charge in [-0.05, 0) is 38.3 Å². The zero-order valence-electron chi connectivity index (χ0n) is 10.4. The molecule has 0 radical (unpaired) electrons. The molecule has 1 aromatic rings. The molecule has 0 spiro atoms. The van der Waals surface area contributed by atoms with Crippen molar-refractivity contribution in [2.24, 2.45) is 0 Å². The van der Waals surface area contributed by atoms with Gasteiger partial charge in [0.15, 0.2) is 0 Å². The van der Waals surface area contributed by atoms with Crippen LogP contribution < -0.4 is 5.32 Å². The zero-order valence-corrected chi connectivity index (χ0v) is 12.0. The van der Waals surface area contributed by atoms with E-state index in [1.54, 1.807) is 0 Å². The molecule has 1 aliphatic heterocycles. The van der Waals surface area contributed by atoms with E-state index in [2.05, 4.69) is 53.3 Å². The van der Waals surface area contributed by atoms with E-state index in [1.807, 2.05) is 6.07 Å². The fourth-order valence-electron chi connectivity index (χ4n) is 2.28. The van der Waals surface area contributed by atoms with E-state index in [1.165, 1.54) is 22.9 Å². The highest BCUT2D eigenvalue weighted by Gasteiger charge is 2.22. The van der Waals surface area contributed by atoms with Crippen LogP contribution in [0.1, 0.15) is 38.3 Å². The predicted molar refractivity (Wildman–Crippen MR) is 74.1 cm³/mol. The Labute approximate surface area is 112 Å². The molecule has 0 aromatic heterocycles. The number of hydrogen-bond donors (Lipinski definition) is 1. The van der Waals surface area contributed by atoms with Crippen LogP contribution in [0.3, 0.4) is 0 Å². The highest BCUT2D eigenvalue weighted by Crippen LogP contribution is 2.24. The number of nitrogens with one attached hydrogen (secondary N) is 1. The van der Waals surface area contributed by atoms with Crippen molar-refractivity contribution in [2.45, 2.75) is 44.9 Å². The molecule has 0 bridgehead atoms. The molecule has 0 aliphatic carbocycles. The molecule has 1 saturated heterocycles. The largest absolute Gasteiger partial charge is 0.374 e. The molecular weight excluding hydrogens is 278 g/mol. The van der Waals surface area contributed by atoms with Crippen LogP contribution >= 0.6 is 15.9 Å². The van der Waals surface area contributed by atoms with Crippen molar-refractivity contribution in [1.82, 2.24) is 5.32 Å². The van der Waals surface area contributed by atoms with Crippen LogP contribution in [0.4, 0.5) is 0 Å². The second-order valence-electron chi connectivity index (χ2n) is 4.80. The standard InChI is InChI=1S/C14H20BrNO/c1-10-7-8-12(17-10)9-16-11(2)13-5-3-4-6-14(13)15/h3-6,10-12,16H,7-9H2,1-2H3. The lowest BCUT2D eigenvalue weighted by Crippen LogP contribution is -2.29. The number of rotatable bonds is 4. The summed E-state index contributed by atoms with van der Waals surface area (Å²) in [6, 6.07) is 8.71. The maximum absolute atomic E-state index is 5.80. The van der Waals surface area contributed by atoms with Gasteiger partial charge >= 0.3 is 0 Å². The van der Waals surface area contributed by atoms with Crippen LogP contribution in [0.2, 0.25) is 0 Å². The first kappa shape index (κ1) is 13.1. The van der Waals surface area contributed by atoms with Gasteiger partial charge in [-0.25, -0.2) is 0 Å². The molecule has 94 valence electrons. The first-order valence-corrected chi connectivity index (χ1v) is 7.09. The molecule has 1 fully saturated rings. The van der Waals surface area contributed by atoms with E-state index in [0.29, 0.717) is 18.2 Å². The van der Waals surface area contributed by atoms with E-state index in [9.17, 15) is 0 Å². The summed E-state index contributed by atoms with van der Waals surface area (Å²) in [5.74, 6) is 0. The highest BCUT2D eigenvalue weighted by atomic mass is 79.9. The van der Waals surface area contributed by atoms with Crippen LogP contribution in [-0.2, 0) is 4.74 Å². The number of halogens is 1. The molecule has 17 heavy (non-hydrogen) atoms. The van der Waals surface area contributed by atoms with Gasteiger partial charge in [0.2, 0.25) is 0 Å². The third-order valence-corrected chi connectivity index (χ3v) is 4.07. The van der Waals surface area contributed by atoms with E-state index in [4.69, 9.17) is 4.74 Å². The summed E-state index contributed by atoms with van der Waals surface area (Å²) in [6.45, 7) is 5.28. The van der Waals surface area contributed by atoms with Crippen molar-refractivity contribution in [3.63, 3.8) is 0 Å². The average molecular weight is 298 g/mol. The van der Waals surface area contributed by atoms with Crippen molar-refractivity contribution in [1.29, 1.82) is 0 Å². The Morgan fingerprint density at radius 3 is 2.82 bits per heavy atom. The van der Waals surface area contributed by atoms with Crippen LogP contribution in [0.25, 0.3) is 0 Å². The molecule has 0 saturated carbocycles. The predicted octanol–water partition coefficient (Wildman–Crippen LogP) is 3.67. The molecule has 1 heterocycles. The molecule has 2 nitrogen and oxygen atoms in total. The Kier molecular flexibility index (Phi) is 4.60. The zero-order chi connectivity index (χ0) is 12.3. The van der Waals surface area contributed by atoms with Gasteiger partial charge < -0.3 is 10.1 Å². The van der Waals surface area contributed by atoms with Crippen LogP contribution in [-0.4, -0.2) is 18.8 Å². The normalized spacial score (nSPS) is 26.1. The minimum atomic E-state index is 0.352. The summed E-state index contributed by atoms with van der Waals surface area (Å²) in [4.78, 5) is 0. The van der Waals surface area contributed by atoms with Crippen LogP contribution in [0.15, 0.2) is 28.7 Å². The van der Waals surface area contributed by atoms with Gasteiger partial charge in [-0.3, -0.25) is 0 Å². The van der Waals surface area contributed by atoms with Gasteiger partial charge in [0.1, 0.15) is 0 Å². The number of ether oxygens (including phenoxy) is 1. The quantitative estimate of drug-likeness (QED) is 0.916. The Morgan fingerprint density at radius 1 is 1.41 bits per heavy atom. The van der Waals surface area contributed by atoms with Crippen molar-refractivity contribution in [3.8, 4) is 0 Å². The minimum absolute atomic E-state index is 0.352. The molecule has 1 N–H and O–H groups in total. The molecule has 0 amide bonds. The summed E-state index contributed by atoms with van der Waals surface area (Å²) >= 11 is 3.59. The molecule has 2 rings (SSSR count). The topological polar surface area (TPSA) is 21.3 Å². The lowest BCUT2D eigenvalue weighted by atomic mass is 10.1. The smallest absolute Gasteiger partial charge is 0.0704 e. The fraction of sp³-hybridized carbons (Fsp3) is 0.571. The summed E-state index contributed by atoms with van der Waals surface area (Å²) in [5.41, 5.74) is 1.30. The average Bonchev–Trinajstić information content (AvgIpc) is 2.73. The Hall–Kier alpha value is -0.380. The van der Waals surface area contributed by atoms with Gasteiger partial charge in [-0.1, -0.05) is 34.1 Å². The summed E-state index contributed by atoms with van der Waals surface area (Å²) in [6.07, 6.45) is 3.18. The SMILES string of the molecule is CC1CCC(CNC(C)c2ccccc2Br)O1. The van der Waals surface area contributed by atoms with Crippen molar-refractivity contribution < 1.29 is 4.74 Å². The Bertz CT molecular complexity index is 369. The number of hydrogen-bond acceptors (Lipinski definition) is 2. The van der Waals surface area contributed by atoms with Gasteiger partial charge in [-0.15, -0.1) is 0 Å². The van der Waals surface area contributed by atoms with Crippen molar-refractivity contribution in [3.05, 3.63) is 34.3 Å². The van der Waals surface area contributed by atoms with E-state index < -0.39 is 0 Å². The number of benzene rings is 1. The van der Waals surface area contributed by atoms with Gasteiger partial charge in [0.05, 0.1) is 12.2 Å². The third-order valence-electron chi connectivity index (χ3n) is 3.34. The van der Waals surface area contributed by atoms with Crippen LogP contribution in [0, 0.1) is 0 Å². The van der Waals surface area contributed by atoms with E-state index >= 15 is 0 Å². The van der Waals surface area contributed by atoms with Crippen LogP contribution in [0.5, 0.6) is 0 Å². The summed E-state index contributed by atoms with van der Waals surface area (Å²) < 4.78 is 6.97. The van der Waals surface area contributed by atoms with Crippen molar-refractivity contribution in [2.75, 3.05) is 6.54 Å². The Balaban J connectivity index is 1.85. The molecule has 3 heteroatoms. The third kappa shape index (κ3) is 3.54. The first-order chi connectivity index (χ1) is 8.16. The second-order valence-corrected chi connectivity index (χ2v) is 5.65. The van der Waals surface area contributed by atoms with E-state index in [-0.39, 0.29) is 0 Å². The summed E-state index contributed by atoms with van der Waals surface area (Å²) in [7, 11) is 0. The minimum Gasteiger partial charge on any atom is -0.374 e. The van der Waals surface area contributed by atoms with Gasteiger partial charge in [-0.2, -0.15) is 0 Å². The lowest BCUT2D eigenvalue weighted by molar-refractivity contribution is 0.0546. The monoisotopic (exact) mass is 297 g/mol. The van der Waals surface area contributed by atoms with Crippen molar-refractivity contribution >= 4 is 15.9 Å². The molecule has 1 aromatic carbocycles. The molecule has 3 atom stereocenters. The maximum Gasteiger partial charge on any atom is 0.0704 e. The summed E-state index contributed by atoms with van der Waals surface area (Å²) in [5, 5.41) is 3.55. The molecule has 3 unspecified atom stereocenters. The highest BCUT2D eigenvalue weighted by molar-refractivity contribution is 9.10. The molecular formula is C14H20BrNO. The Morgan fingerprint density at radius 2 is 2.18 bits per heavy atom. The second kappa shape index (κ2) is 5.98. The first-order valence-electron chi connectivity index (χ1n) is 6.30. The van der Waals surface area contributed by atoms with E-state index in [0.717, 1.165) is 6.54 Å². The lowest BCUT2D eigenvalue weighted by Gasteiger charge is -2.18. The van der Waals surface area contributed by atoms with Gasteiger partial charge in [0, 0.05) is 17.1 Å². The maximum atomic E-state index is 5.80. The van der Waals surface area contributed by atoms with Gasteiger partial charge in [0.25, 0.3) is 0 Å². The fourth-order valence-corrected chi connectivity index (χ4v) is 2.91.